The Bertz CT molecular complexity index is 889. The van der Waals surface area contributed by atoms with Crippen molar-refractivity contribution in [3.63, 3.8) is 0 Å². The van der Waals surface area contributed by atoms with Gasteiger partial charge in [0, 0.05) is 44.7 Å². The maximum atomic E-state index is 13.5. The Morgan fingerprint density at radius 1 is 1.03 bits per heavy atom. The van der Waals surface area contributed by atoms with Gasteiger partial charge < -0.3 is 14.2 Å². The molecule has 0 aliphatic carbocycles. The molecule has 3 aliphatic rings. The van der Waals surface area contributed by atoms with Gasteiger partial charge in [0.05, 0.1) is 19.3 Å². The van der Waals surface area contributed by atoms with Crippen molar-refractivity contribution in [2.24, 2.45) is 0 Å². The molecule has 0 bridgehead atoms. The maximum absolute atomic E-state index is 13.5. The third kappa shape index (κ3) is 4.01. The van der Waals surface area contributed by atoms with Gasteiger partial charge in [0.15, 0.2) is 5.82 Å². The Labute approximate surface area is 178 Å². The van der Waals surface area contributed by atoms with Crippen LogP contribution >= 0.6 is 0 Å². The van der Waals surface area contributed by atoms with E-state index < -0.39 is 0 Å². The SMILES string of the molecule is O=C(c1cccc(CN2CCOCC2)c1)N1CCCC1c1nnc2n1CCCCC2. The number of rotatable bonds is 4. The number of hydrogen-bond acceptors (Lipinski definition) is 5. The molecule has 160 valence electrons. The van der Waals surface area contributed by atoms with Crippen LogP contribution in [0, 0.1) is 0 Å². The Kier molecular flexibility index (Phi) is 5.82. The Balaban J connectivity index is 1.34. The fourth-order valence-electron chi connectivity index (χ4n) is 5.02. The van der Waals surface area contributed by atoms with Gasteiger partial charge in [-0.15, -0.1) is 10.2 Å². The molecule has 1 amide bonds. The number of morpholine rings is 1. The lowest BCUT2D eigenvalue weighted by molar-refractivity contribution is 0.0341. The summed E-state index contributed by atoms with van der Waals surface area (Å²) in [4.78, 5) is 17.9. The van der Waals surface area contributed by atoms with E-state index in [1.807, 2.05) is 17.0 Å². The number of carbonyl (C=O) groups is 1. The molecular formula is C23H31N5O2. The Morgan fingerprint density at radius 2 is 1.93 bits per heavy atom. The standard InChI is InChI=1S/C23H31N5O2/c29-23(19-7-4-6-18(16-19)17-26-12-14-30-15-13-26)27-11-5-8-20(27)22-25-24-21-9-2-1-3-10-28(21)22/h4,6-7,16,20H,1-3,5,8-15,17H2. The van der Waals surface area contributed by atoms with Crippen LogP contribution in [0.2, 0.25) is 0 Å². The predicted molar refractivity (Wildman–Crippen MR) is 113 cm³/mol. The van der Waals surface area contributed by atoms with Crippen LogP contribution in [0.3, 0.4) is 0 Å². The summed E-state index contributed by atoms with van der Waals surface area (Å²) in [6.45, 7) is 6.11. The highest BCUT2D eigenvalue weighted by Gasteiger charge is 2.35. The van der Waals surface area contributed by atoms with Crippen LogP contribution in [0.5, 0.6) is 0 Å². The minimum atomic E-state index is 0.0414. The van der Waals surface area contributed by atoms with Crippen LogP contribution in [0.1, 0.15) is 65.7 Å². The molecule has 0 radical (unpaired) electrons. The van der Waals surface area contributed by atoms with E-state index in [1.165, 1.54) is 24.8 Å². The third-order valence-corrected chi connectivity index (χ3v) is 6.63. The minimum absolute atomic E-state index is 0.0414. The number of hydrogen-bond donors (Lipinski definition) is 0. The van der Waals surface area contributed by atoms with Gasteiger partial charge in [-0.05, 0) is 43.4 Å². The van der Waals surface area contributed by atoms with Crippen LogP contribution in [0.15, 0.2) is 24.3 Å². The summed E-state index contributed by atoms with van der Waals surface area (Å²) >= 11 is 0. The van der Waals surface area contributed by atoms with E-state index in [-0.39, 0.29) is 11.9 Å². The van der Waals surface area contributed by atoms with Crippen molar-refractivity contribution in [3.8, 4) is 0 Å². The third-order valence-electron chi connectivity index (χ3n) is 6.63. The van der Waals surface area contributed by atoms with Crippen molar-refractivity contribution >= 4 is 5.91 Å². The summed E-state index contributed by atoms with van der Waals surface area (Å²) in [5, 5.41) is 9.01. The summed E-state index contributed by atoms with van der Waals surface area (Å²) in [5.41, 5.74) is 1.97. The minimum Gasteiger partial charge on any atom is -0.379 e. The van der Waals surface area contributed by atoms with Gasteiger partial charge in [0.25, 0.3) is 5.91 Å². The van der Waals surface area contributed by atoms with Crippen molar-refractivity contribution in [2.45, 2.75) is 57.7 Å². The van der Waals surface area contributed by atoms with Gasteiger partial charge in [-0.2, -0.15) is 0 Å². The topological polar surface area (TPSA) is 63.5 Å². The van der Waals surface area contributed by atoms with E-state index in [9.17, 15) is 4.79 Å². The molecule has 2 saturated heterocycles. The molecule has 1 unspecified atom stereocenters. The van der Waals surface area contributed by atoms with Crippen molar-refractivity contribution in [1.82, 2.24) is 24.6 Å². The van der Waals surface area contributed by atoms with E-state index >= 15 is 0 Å². The molecule has 2 aromatic rings. The highest BCUT2D eigenvalue weighted by atomic mass is 16.5. The number of likely N-dealkylation sites (tertiary alicyclic amines) is 1. The first-order chi connectivity index (χ1) is 14.8. The summed E-state index contributed by atoms with van der Waals surface area (Å²) in [7, 11) is 0. The van der Waals surface area contributed by atoms with E-state index in [2.05, 4.69) is 31.8 Å². The van der Waals surface area contributed by atoms with Crippen LogP contribution in [0.25, 0.3) is 0 Å². The first kappa shape index (κ1) is 19.7. The Hall–Kier alpha value is -2.25. The number of benzene rings is 1. The van der Waals surface area contributed by atoms with Crippen LogP contribution in [0.4, 0.5) is 0 Å². The molecule has 5 rings (SSSR count). The number of nitrogens with zero attached hydrogens (tertiary/aromatic N) is 5. The van der Waals surface area contributed by atoms with Gasteiger partial charge >= 0.3 is 0 Å². The lowest BCUT2D eigenvalue weighted by Crippen LogP contribution is -2.35. The average molecular weight is 410 g/mol. The van der Waals surface area contributed by atoms with E-state index in [1.54, 1.807) is 0 Å². The second kappa shape index (κ2) is 8.86. The van der Waals surface area contributed by atoms with Gasteiger partial charge in [-0.3, -0.25) is 9.69 Å². The van der Waals surface area contributed by atoms with Gasteiger partial charge in [-0.25, -0.2) is 0 Å². The molecule has 0 spiro atoms. The van der Waals surface area contributed by atoms with Gasteiger partial charge in [0.2, 0.25) is 0 Å². The zero-order chi connectivity index (χ0) is 20.3. The van der Waals surface area contributed by atoms with Gasteiger partial charge in [0.1, 0.15) is 5.82 Å². The number of carbonyl (C=O) groups excluding carboxylic acids is 1. The fraction of sp³-hybridized carbons (Fsp3) is 0.609. The molecule has 0 saturated carbocycles. The molecular weight excluding hydrogens is 378 g/mol. The molecule has 2 fully saturated rings. The number of fused-ring (bicyclic) bond motifs is 1. The lowest BCUT2D eigenvalue weighted by Gasteiger charge is -2.27. The first-order valence-electron chi connectivity index (χ1n) is 11.4. The molecule has 0 N–H and O–H groups in total. The van der Waals surface area contributed by atoms with Crippen LogP contribution in [-0.4, -0.2) is 63.3 Å². The fourth-order valence-corrected chi connectivity index (χ4v) is 5.02. The molecule has 1 aromatic carbocycles. The number of ether oxygens (including phenoxy) is 1. The van der Waals surface area contributed by atoms with Crippen molar-refractivity contribution in [1.29, 1.82) is 0 Å². The summed E-state index contributed by atoms with van der Waals surface area (Å²) in [5.74, 6) is 2.20. The predicted octanol–water partition coefficient (Wildman–Crippen LogP) is 2.81. The zero-order valence-electron chi connectivity index (χ0n) is 17.6. The molecule has 3 aliphatic heterocycles. The van der Waals surface area contributed by atoms with Crippen molar-refractivity contribution < 1.29 is 9.53 Å². The van der Waals surface area contributed by atoms with E-state index in [0.29, 0.717) is 0 Å². The van der Waals surface area contributed by atoms with E-state index in [4.69, 9.17) is 4.74 Å². The molecule has 1 atom stereocenters. The quantitative estimate of drug-likeness (QED) is 0.777. The first-order valence-corrected chi connectivity index (χ1v) is 11.4. The summed E-state index contributed by atoms with van der Waals surface area (Å²) in [6.07, 6.45) is 6.58. The summed E-state index contributed by atoms with van der Waals surface area (Å²) in [6, 6.07) is 8.19. The number of amides is 1. The van der Waals surface area contributed by atoms with E-state index in [0.717, 1.165) is 82.4 Å². The molecule has 4 heterocycles. The van der Waals surface area contributed by atoms with Crippen molar-refractivity contribution in [2.75, 3.05) is 32.8 Å². The van der Waals surface area contributed by atoms with Crippen LogP contribution in [-0.2, 0) is 24.2 Å². The Morgan fingerprint density at radius 3 is 2.83 bits per heavy atom. The maximum Gasteiger partial charge on any atom is 0.254 e. The monoisotopic (exact) mass is 409 g/mol. The zero-order valence-corrected chi connectivity index (χ0v) is 17.6. The highest BCUT2D eigenvalue weighted by molar-refractivity contribution is 5.94. The number of aromatic nitrogens is 3. The molecule has 30 heavy (non-hydrogen) atoms. The average Bonchev–Trinajstić information content (AvgIpc) is 3.35. The number of aryl methyl sites for hydroxylation is 1. The van der Waals surface area contributed by atoms with Gasteiger partial charge in [-0.1, -0.05) is 18.6 Å². The van der Waals surface area contributed by atoms with Crippen LogP contribution < -0.4 is 0 Å². The molecule has 7 heteroatoms. The van der Waals surface area contributed by atoms with Crippen molar-refractivity contribution in [3.05, 3.63) is 47.0 Å². The summed E-state index contributed by atoms with van der Waals surface area (Å²) < 4.78 is 7.74. The lowest BCUT2D eigenvalue weighted by atomic mass is 10.1. The highest BCUT2D eigenvalue weighted by Crippen LogP contribution is 2.33. The normalized spacial score (nSPS) is 22.7. The second-order valence-corrected chi connectivity index (χ2v) is 8.68. The second-order valence-electron chi connectivity index (χ2n) is 8.68. The smallest absolute Gasteiger partial charge is 0.254 e. The molecule has 1 aromatic heterocycles. The largest absolute Gasteiger partial charge is 0.379 e. The molecule has 7 nitrogen and oxygen atoms in total.